The van der Waals surface area contributed by atoms with Gasteiger partial charge in [0.15, 0.2) is 31.5 Å². The predicted molar refractivity (Wildman–Crippen MR) is 177 cm³/mol. The fraction of sp³-hybridized carbons (Fsp3) is 0.969. The number of amides is 1. The van der Waals surface area contributed by atoms with Gasteiger partial charge < -0.3 is 125 Å². The van der Waals surface area contributed by atoms with Crippen LogP contribution in [0.25, 0.3) is 0 Å². The molecule has 1 amide bonds. The zero-order valence-corrected chi connectivity index (χ0v) is 31.1. The summed E-state index contributed by atoms with van der Waals surface area (Å²) in [6.45, 7) is -1.30. The first-order valence-corrected chi connectivity index (χ1v) is 18.5. The monoisotopic (exact) mass is 853 g/mol. The summed E-state index contributed by atoms with van der Waals surface area (Å²) in [6, 6.07) is -1.71. The molecule has 338 valence electrons. The van der Waals surface area contributed by atoms with Crippen LogP contribution in [0.5, 0.6) is 0 Å². The van der Waals surface area contributed by atoms with Crippen LogP contribution in [0.2, 0.25) is 0 Å². The van der Waals surface area contributed by atoms with Gasteiger partial charge in [0.25, 0.3) is 0 Å². The molecule has 16 N–H and O–H groups in total. The number of aliphatic hydroxyl groups is 15. The molecule has 0 saturated carbocycles. The number of hydrogen-bond donors (Lipinski definition) is 16. The van der Waals surface area contributed by atoms with Crippen LogP contribution >= 0.6 is 0 Å². The average molecular weight is 854 g/mol. The smallest absolute Gasteiger partial charge is 0.217 e. The number of carbonyl (C=O) groups is 1. The third kappa shape index (κ3) is 9.75. The highest BCUT2D eigenvalue weighted by Gasteiger charge is 2.57. The molecule has 5 rings (SSSR count). The third-order valence-corrected chi connectivity index (χ3v) is 10.7. The van der Waals surface area contributed by atoms with E-state index >= 15 is 0 Å². The number of hydrogen-bond acceptors (Lipinski definition) is 25. The van der Waals surface area contributed by atoms with Crippen LogP contribution in [-0.4, -0.2) is 262 Å². The van der Waals surface area contributed by atoms with Crippen LogP contribution < -0.4 is 5.32 Å². The van der Waals surface area contributed by atoms with Crippen LogP contribution in [0, 0.1) is 0 Å². The molecule has 58 heavy (non-hydrogen) atoms. The highest BCUT2D eigenvalue weighted by Crippen LogP contribution is 2.36. The first kappa shape index (κ1) is 47.6. The third-order valence-electron chi connectivity index (χ3n) is 10.7. The second kappa shape index (κ2) is 20.1. The number of nitrogens with one attached hydrogen (secondary N) is 1. The number of aliphatic hydroxyl groups excluding tert-OH is 15. The second-order valence-electron chi connectivity index (χ2n) is 14.7. The molecule has 26 heteroatoms. The fourth-order valence-electron chi connectivity index (χ4n) is 7.36. The minimum absolute atomic E-state index is 0.806. The highest BCUT2D eigenvalue weighted by atomic mass is 16.8. The van der Waals surface area contributed by atoms with Gasteiger partial charge in [-0.2, -0.15) is 0 Å². The predicted octanol–water partition coefficient (Wildman–Crippen LogP) is -10.8. The van der Waals surface area contributed by atoms with E-state index in [0.29, 0.717) is 0 Å². The Kier molecular flexibility index (Phi) is 16.5. The van der Waals surface area contributed by atoms with E-state index in [2.05, 4.69) is 5.32 Å². The summed E-state index contributed by atoms with van der Waals surface area (Å²) in [5.74, 6) is -0.806. The zero-order valence-electron chi connectivity index (χ0n) is 31.1. The lowest BCUT2D eigenvalue weighted by Gasteiger charge is -2.50. The van der Waals surface area contributed by atoms with Crippen molar-refractivity contribution in [2.75, 3.05) is 26.4 Å². The van der Waals surface area contributed by atoms with E-state index in [0.717, 1.165) is 6.92 Å². The largest absolute Gasteiger partial charge is 0.394 e. The van der Waals surface area contributed by atoms with Crippen LogP contribution in [0.15, 0.2) is 0 Å². The molecule has 0 aliphatic carbocycles. The highest BCUT2D eigenvalue weighted by molar-refractivity contribution is 5.73. The molecule has 26 nitrogen and oxygen atoms in total. The van der Waals surface area contributed by atoms with Gasteiger partial charge >= 0.3 is 0 Å². The molecule has 0 aromatic carbocycles. The molecular formula is C32H55NO25. The van der Waals surface area contributed by atoms with Crippen molar-refractivity contribution in [3.63, 3.8) is 0 Å². The minimum Gasteiger partial charge on any atom is -0.394 e. The molecule has 5 heterocycles. The van der Waals surface area contributed by atoms with Crippen LogP contribution in [0.3, 0.4) is 0 Å². The quantitative estimate of drug-likeness (QED) is 0.0818. The van der Waals surface area contributed by atoms with Crippen molar-refractivity contribution in [3.8, 4) is 0 Å². The van der Waals surface area contributed by atoms with Gasteiger partial charge in [0.05, 0.1) is 32.5 Å². The van der Waals surface area contributed by atoms with Gasteiger partial charge in [-0.25, -0.2) is 0 Å². The lowest BCUT2D eigenvalue weighted by Crippen LogP contribution is -2.70. The summed E-state index contributed by atoms with van der Waals surface area (Å²) >= 11 is 0. The van der Waals surface area contributed by atoms with E-state index in [9.17, 15) is 81.4 Å². The molecule has 0 aromatic heterocycles. The number of ether oxygens (including phenoxy) is 9. The SMILES string of the molecule is CC(=O)NC1[C@H](O[C@@H]2C(O)[C@H](O[C@@H]3C(CO)OC(O)C(O)[C@H]3O)OC(CO)[C@@H]2O)OC(CO)[C@@H](O[C@@H]2OC(CO)[C@H](O)[C@H](O)C2O[C@@H]2OC(C)[C@@H](O)[C@H](O)C2O)[C@@H]1O. The molecule has 5 fully saturated rings. The van der Waals surface area contributed by atoms with Crippen LogP contribution in [0.1, 0.15) is 13.8 Å². The lowest BCUT2D eigenvalue weighted by molar-refractivity contribution is -0.391. The number of rotatable bonds is 13. The first-order valence-electron chi connectivity index (χ1n) is 18.5. The van der Waals surface area contributed by atoms with Gasteiger partial charge in [-0.05, 0) is 6.92 Å². The van der Waals surface area contributed by atoms with E-state index in [1.54, 1.807) is 0 Å². The molecular weight excluding hydrogens is 798 g/mol. The van der Waals surface area contributed by atoms with Crippen molar-refractivity contribution in [1.29, 1.82) is 0 Å². The summed E-state index contributed by atoms with van der Waals surface area (Å²) in [4.78, 5) is 12.4. The van der Waals surface area contributed by atoms with Crippen molar-refractivity contribution in [1.82, 2.24) is 5.32 Å². The Morgan fingerprint density at radius 3 is 1.52 bits per heavy atom. The Bertz CT molecular complexity index is 1310. The molecule has 0 aromatic rings. The van der Waals surface area contributed by atoms with Crippen LogP contribution in [0.4, 0.5) is 0 Å². The van der Waals surface area contributed by atoms with E-state index in [4.69, 9.17) is 42.6 Å². The Labute approximate surface area is 329 Å². The number of carbonyl (C=O) groups excluding carboxylic acids is 1. The molecule has 0 radical (unpaired) electrons. The average Bonchev–Trinajstić information content (AvgIpc) is 3.19. The topological polar surface area (TPSA) is 416 Å². The van der Waals surface area contributed by atoms with E-state index < -0.39 is 186 Å². The van der Waals surface area contributed by atoms with Crippen molar-refractivity contribution in [3.05, 3.63) is 0 Å². The first-order chi connectivity index (χ1) is 27.4. The summed E-state index contributed by atoms with van der Waals surface area (Å²) in [5.41, 5.74) is 0. The van der Waals surface area contributed by atoms with Crippen LogP contribution in [-0.2, 0) is 47.4 Å². The molecule has 5 aliphatic rings. The Balaban J connectivity index is 1.38. The Hall–Kier alpha value is -1.49. The zero-order chi connectivity index (χ0) is 42.9. The fourth-order valence-corrected chi connectivity index (χ4v) is 7.36. The van der Waals surface area contributed by atoms with Gasteiger partial charge in [-0.15, -0.1) is 0 Å². The van der Waals surface area contributed by atoms with Crippen molar-refractivity contribution in [2.45, 2.75) is 167 Å². The second-order valence-corrected chi connectivity index (χ2v) is 14.7. The standard InChI is InChI=1S/C32H55NO25/c1-7-14(39)18(43)22(47)30(50-7)58-27-19(44)15(40)9(3-34)53-32(27)56-24-12(6-37)54-29(13(17(24)42)33-8(2)38)57-26-16(41)10(4-35)52-31(23(26)48)55-25-11(5-36)51-28(49)21(46)20(25)45/h7,9-32,34-37,39-49H,3-6H2,1-2H3,(H,33,38)/t7?,9?,10?,11?,12?,13?,14-,15+,16+,17-,18+,19+,20-,21?,22?,23?,24-,25-,26+,27?,28?,29+,30+,31+,32+/m1/s1. The maximum atomic E-state index is 12.4. The van der Waals surface area contributed by atoms with Gasteiger partial charge in [0.1, 0.15) is 116 Å². The van der Waals surface area contributed by atoms with E-state index in [1.807, 2.05) is 0 Å². The van der Waals surface area contributed by atoms with Crippen molar-refractivity contribution in [2.24, 2.45) is 0 Å². The maximum Gasteiger partial charge on any atom is 0.217 e. The summed E-state index contributed by atoms with van der Waals surface area (Å²) in [5, 5.41) is 160. The summed E-state index contributed by atoms with van der Waals surface area (Å²) < 4.78 is 50.6. The maximum absolute atomic E-state index is 12.4. The molecule has 0 bridgehead atoms. The molecule has 5 saturated heterocycles. The van der Waals surface area contributed by atoms with E-state index in [-0.39, 0.29) is 0 Å². The van der Waals surface area contributed by atoms with Crippen molar-refractivity contribution < 1.29 is 124 Å². The summed E-state index contributed by atoms with van der Waals surface area (Å²) in [6.07, 6.45) is -43.0. The van der Waals surface area contributed by atoms with Gasteiger partial charge in [-0.1, -0.05) is 0 Å². The summed E-state index contributed by atoms with van der Waals surface area (Å²) in [7, 11) is 0. The van der Waals surface area contributed by atoms with Gasteiger partial charge in [-0.3, -0.25) is 4.79 Å². The lowest BCUT2D eigenvalue weighted by atomic mass is 9.94. The minimum atomic E-state index is -2.08. The van der Waals surface area contributed by atoms with E-state index in [1.165, 1.54) is 6.92 Å². The molecule has 0 spiro atoms. The van der Waals surface area contributed by atoms with Crippen molar-refractivity contribution >= 4 is 5.91 Å². The Morgan fingerprint density at radius 2 is 0.914 bits per heavy atom. The molecule has 5 aliphatic heterocycles. The molecule has 11 unspecified atom stereocenters. The van der Waals surface area contributed by atoms with Gasteiger partial charge in [0, 0.05) is 6.92 Å². The normalized spacial score (nSPS) is 51.6. The van der Waals surface area contributed by atoms with Gasteiger partial charge in [0.2, 0.25) is 5.91 Å². The Morgan fingerprint density at radius 1 is 0.448 bits per heavy atom. The molecule has 25 atom stereocenters.